The molecule has 4 heterocycles. The highest BCUT2D eigenvalue weighted by molar-refractivity contribution is 5.16. The average Bonchev–Trinajstić information content (AvgIpc) is 2.42. The largest absolute Gasteiger partial charge is 0.323 e. The lowest BCUT2D eigenvalue weighted by Gasteiger charge is -2.51. The number of aromatic nitrogens is 1. The van der Waals surface area contributed by atoms with Gasteiger partial charge in [-0.05, 0) is 18.6 Å². The van der Waals surface area contributed by atoms with E-state index in [1.165, 1.54) is 0 Å². The van der Waals surface area contributed by atoms with Crippen LogP contribution in [-0.4, -0.2) is 24.8 Å². The lowest BCUT2D eigenvalue weighted by Crippen LogP contribution is -2.58. The molecule has 0 N–H and O–H groups in total. The van der Waals surface area contributed by atoms with Crippen molar-refractivity contribution >= 4 is 0 Å². The smallest absolute Gasteiger partial charge is 0.312 e. The van der Waals surface area contributed by atoms with E-state index in [-0.39, 0.29) is 5.41 Å². The van der Waals surface area contributed by atoms with Gasteiger partial charge in [-0.3, -0.25) is 4.98 Å². The zero-order valence-corrected chi connectivity index (χ0v) is 10.0. The molecule has 1 aromatic heterocycles. The molecule has 4 heteroatoms. The van der Waals surface area contributed by atoms with Crippen molar-refractivity contribution in [3.8, 4) is 0 Å². The molecule has 4 nitrogen and oxygen atoms in total. The zero-order chi connectivity index (χ0) is 11.8. The van der Waals surface area contributed by atoms with Crippen molar-refractivity contribution in [2.45, 2.75) is 25.7 Å². The highest BCUT2D eigenvalue weighted by Gasteiger charge is 2.53. The van der Waals surface area contributed by atoms with Crippen LogP contribution in [0.2, 0.25) is 0 Å². The van der Waals surface area contributed by atoms with E-state index < -0.39 is 5.97 Å². The summed E-state index contributed by atoms with van der Waals surface area (Å²) in [5, 5.41) is 0. The van der Waals surface area contributed by atoms with Gasteiger partial charge in [-0.25, -0.2) is 0 Å². The maximum Gasteiger partial charge on any atom is 0.312 e. The van der Waals surface area contributed by atoms with E-state index in [1.54, 1.807) is 12.4 Å². The Morgan fingerprint density at radius 2 is 1.71 bits per heavy atom. The van der Waals surface area contributed by atoms with Gasteiger partial charge in [0.1, 0.15) is 0 Å². The van der Waals surface area contributed by atoms with Crippen LogP contribution in [0.1, 0.15) is 25.3 Å². The first-order valence-electron chi connectivity index (χ1n) is 6.11. The van der Waals surface area contributed by atoms with Crippen LogP contribution in [0, 0.1) is 5.41 Å². The molecule has 0 radical (unpaired) electrons. The van der Waals surface area contributed by atoms with E-state index in [0.717, 1.165) is 18.4 Å². The van der Waals surface area contributed by atoms with Crippen molar-refractivity contribution < 1.29 is 14.2 Å². The van der Waals surface area contributed by atoms with Gasteiger partial charge in [0.05, 0.1) is 19.8 Å². The van der Waals surface area contributed by atoms with Gasteiger partial charge in [-0.2, -0.15) is 0 Å². The topological polar surface area (TPSA) is 40.6 Å². The Hall–Kier alpha value is -0.970. The van der Waals surface area contributed by atoms with Crippen molar-refractivity contribution in [2.75, 3.05) is 19.8 Å². The first-order valence-corrected chi connectivity index (χ1v) is 6.11. The molecule has 0 aromatic carbocycles. The molecule has 92 valence electrons. The van der Waals surface area contributed by atoms with Crippen LogP contribution in [0.5, 0.6) is 0 Å². The fourth-order valence-electron chi connectivity index (χ4n) is 2.55. The minimum atomic E-state index is -0.988. The molecule has 0 amide bonds. The van der Waals surface area contributed by atoms with Crippen LogP contribution >= 0.6 is 0 Å². The molecule has 3 fully saturated rings. The third kappa shape index (κ3) is 1.76. The van der Waals surface area contributed by atoms with E-state index in [4.69, 9.17) is 14.2 Å². The van der Waals surface area contributed by atoms with Crippen LogP contribution in [0.15, 0.2) is 24.5 Å². The normalized spacial score (nSPS) is 36.1. The summed E-state index contributed by atoms with van der Waals surface area (Å²) in [4.78, 5) is 3.99. The number of hydrogen-bond donors (Lipinski definition) is 0. The molecular weight excluding hydrogens is 218 g/mol. The minimum absolute atomic E-state index is 0.0591. The number of ether oxygens (including phenoxy) is 3. The maximum absolute atomic E-state index is 5.83. The molecule has 17 heavy (non-hydrogen) atoms. The molecule has 0 unspecified atom stereocenters. The Labute approximate surface area is 101 Å². The summed E-state index contributed by atoms with van der Waals surface area (Å²) in [6, 6.07) is 3.75. The molecule has 4 rings (SSSR count). The summed E-state index contributed by atoms with van der Waals surface area (Å²) in [5.41, 5.74) is 0.945. The standard InChI is InChI=1S/C13H17NO3/c1-2-5-12-8-15-13(16-9-12,17-10-12)11-3-6-14-7-4-11/h3-4,6-7H,2,5,8-10H2,1H3. The van der Waals surface area contributed by atoms with Gasteiger partial charge in [-0.1, -0.05) is 13.3 Å². The summed E-state index contributed by atoms with van der Waals surface area (Å²) in [6.07, 6.45) is 5.66. The summed E-state index contributed by atoms with van der Waals surface area (Å²) in [6.45, 7) is 4.31. The first-order chi connectivity index (χ1) is 8.29. The molecule has 3 aliphatic rings. The predicted octanol–water partition coefficient (Wildman–Crippen LogP) is 2.06. The third-order valence-electron chi connectivity index (χ3n) is 3.52. The van der Waals surface area contributed by atoms with E-state index in [1.807, 2.05) is 12.1 Å². The molecule has 3 aliphatic heterocycles. The molecular formula is C13H17NO3. The van der Waals surface area contributed by atoms with Crippen molar-refractivity contribution in [3.63, 3.8) is 0 Å². The Morgan fingerprint density at radius 1 is 1.12 bits per heavy atom. The molecule has 2 bridgehead atoms. The lowest BCUT2D eigenvalue weighted by molar-refractivity contribution is -0.480. The number of rotatable bonds is 3. The van der Waals surface area contributed by atoms with E-state index in [9.17, 15) is 0 Å². The lowest BCUT2D eigenvalue weighted by atomic mass is 9.84. The van der Waals surface area contributed by atoms with E-state index in [2.05, 4.69) is 11.9 Å². The maximum atomic E-state index is 5.83. The number of nitrogens with zero attached hydrogens (tertiary/aromatic N) is 1. The Balaban J connectivity index is 1.82. The van der Waals surface area contributed by atoms with Crippen molar-refractivity contribution in [1.29, 1.82) is 0 Å². The van der Waals surface area contributed by atoms with Gasteiger partial charge >= 0.3 is 5.97 Å². The molecule has 0 atom stereocenters. The number of hydrogen-bond acceptors (Lipinski definition) is 4. The SMILES string of the molecule is CCCC12COC(c3ccncc3)(OC1)OC2. The van der Waals surface area contributed by atoms with Gasteiger partial charge in [-0.15, -0.1) is 0 Å². The van der Waals surface area contributed by atoms with Crippen LogP contribution in [0.25, 0.3) is 0 Å². The van der Waals surface area contributed by atoms with Crippen LogP contribution in [0.3, 0.4) is 0 Å². The number of pyridine rings is 1. The quantitative estimate of drug-likeness (QED) is 0.804. The average molecular weight is 235 g/mol. The van der Waals surface area contributed by atoms with Gasteiger partial charge < -0.3 is 14.2 Å². The molecule has 0 spiro atoms. The highest BCUT2D eigenvalue weighted by atomic mass is 16.9. The Morgan fingerprint density at radius 3 is 2.24 bits per heavy atom. The fourth-order valence-corrected chi connectivity index (χ4v) is 2.55. The molecule has 3 saturated heterocycles. The number of fused-ring (bicyclic) bond motifs is 3. The van der Waals surface area contributed by atoms with Gasteiger partial charge in [0.2, 0.25) is 0 Å². The summed E-state index contributed by atoms with van der Waals surface area (Å²) >= 11 is 0. The van der Waals surface area contributed by atoms with Crippen LogP contribution < -0.4 is 0 Å². The van der Waals surface area contributed by atoms with E-state index >= 15 is 0 Å². The zero-order valence-electron chi connectivity index (χ0n) is 10.0. The third-order valence-corrected chi connectivity index (χ3v) is 3.52. The van der Waals surface area contributed by atoms with Crippen LogP contribution in [0.4, 0.5) is 0 Å². The minimum Gasteiger partial charge on any atom is -0.323 e. The van der Waals surface area contributed by atoms with E-state index in [0.29, 0.717) is 19.8 Å². The van der Waals surface area contributed by atoms with Gasteiger partial charge in [0.15, 0.2) is 0 Å². The monoisotopic (exact) mass is 235 g/mol. The Bertz CT molecular complexity index is 368. The second kappa shape index (κ2) is 4.05. The van der Waals surface area contributed by atoms with Crippen LogP contribution in [-0.2, 0) is 20.2 Å². The first kappa shape index (κ1) is 11.1. The predicted molar refractivity (Wildman–Crippen MR) is 61.1 cm³/mol. The second-order valence-electron chi connectivity index (χ2n) is 4.91. The summed E-state index contributed by atoms with van der Waals surface area (Å²) < 4.78 is 17.5. The molecule has 0 aliphatic carbocycles. The van der Waals surface area contributed by atoms with Gasteiger partial charge in [0.25, 0.3) is 0 Å². The van der Waals surface area contributed by atoms with Crippen molar-refractivity contribution in [3.05, 3.63) is 30.1 Å². The summed E-state index contributed by atoms with van der Waals surface area (Å²) in [5.74, 6) is -0.988. The fraction of sp³-hybridized carbons (Fsp3) is 0.615. The van der Waals surface area contributed by atoms with Crippen molar-refractivity contribution in [2.24, 2.45) is 5.41 Å². The molecule has 0 saturated carbocycles. The van der Waals surface area contributed by atoms with Gasteiger partial charge in [0, 0.05) is 23.4 Å². The Kier molecular flexibility index (Phi) is 2.65. The highest BCUT2D eigenvalue weighted by Crippen LogP contribution is 2.45. The summed E-state index contributed by atoms with van der Waals surface area (Å²) in [7, 11) is 0. The second-order valence-corrected chi connectivity index (χ2v) is 4.91. The molecule has 1 aromatic rings. The van der Waals surface area contributed by atoms with Crippen molar-refractivity contribution in [1.82, 2.24) is 4.98 Å².